The number of aryl methyl sites for hydroxylation is 1. The number of methoxy groups -OCH3 is 1. The standard InChI is InChI=1S/C12H16N4O2/c1-7-6-14-11(18-7)8(2)15-10-5-4-9(13)12(16-10)17-3/h4-6,8H,13H2,1-3H3,(H,15,16). The van der Waals surface area contributed by atoms with E-state index in [1.165, 1.54) is 7.11 Å². The van der Waals surface area contributed by atoms with Crippen molar-refractivity contribution in [3.63, 3.8) is 0 Å². The van der Waals surface area contributed by atoms with Gasteiger partial charge in [-0.3, -0.25) is 0 Å². The second-order valence-corrected chi connectivity index (χ2v) is 3.97. The summed E-state index contributed by atoms with van der Waals surface area (Å²) < 4.78 is 10.5. The van der Waals surface area contributed by atoms with Crippen molar-refractivity contribution in [1.29, 1.82) is 0 Å². The van der Waals surface area contributed by atoms with E-state index in [4.69, 9.17) is 14.9 Å². The van der Waals surface area contributed by atoms with Gasteiger partial charge in [0, 0.05) is 0 Å². The van der Waals surface area contributed by atoms with E-state index in [2.05, 4.69) is 15.3 Å². The number of hydrogen-bond donors (Lipinski definition) is 2. The Labute approximate surface area is 105 Å². The summed E-state index contributed by atoms with van der Waals surface area (Å²) in [5.41, 5.74) is 6.20. The predicted molar refractivity (Wildman–Crippen MR) is 68.5 cm³/mol. The smallest absolute Gasteiger partial charge is 0.238 e. The fraction of sp³-hybridized carbons (Fsp3) is 0.333. The summed E-state index contributed by atoms with van der Waals surface area (Å²) in [5.74, 6) is 2.45. The fourth-order valence-corrected chi connectivity index (χ4v) is 1.55. The van der Waals surface area contributed by atoms with Gasteiger partial charge in [-0.05, 0) is 26.0 Å². The second-order valence-electron chi connectivity index (χ2n) is 3.97. The first-order valence-corrected chi connectivity index (χ1v) is 5.59. The number of aromatic nitrogens is 2. The minimum absolute atomic E-state index is 0.0838. The van der Waals surface area contributed by atoms with Gasteiger partial charge in [0.15, 0.2) is 0 Å². The molecule has 3 N–H and O–H groups in total. The number of rotatable bonds is 4. The van der Waals surface area contributed by atoms with Crippen molar-refractivity contribution in [2.75, 3.05) is 18.2 Å². The Morgan fingerprint density at radius 1 is 1.44 bits per heavy atom. The molecule has 1 unspecified atom stereocenters. The number of nitrogens with one attached hydrogen (secondary N) is 1. The highest BCUT2D eigenvalue weighted by Gasteiger charge is 2.12. The Kier molecular flexibility index (Phi) is 3.36. The van der Waals surface area contributed by atoms with E-state index in [-0.39, 0.29) is 6.04 Å². The molecule has 6 nitrogen and oxygen atoms in total. The lowest BCUT2D eigenvalue weighted by Crippen LogP contribution is -2.09. The van der Waals surface area contributed by atoms with E-state index < -0.39 is 0 Å². The van der Waals surface area contributed by atoms with E-state index >= 15 is 0 Å². The summed E-state index contributed by atoms with van der Waals surface area (Å²) in [6, 6.07) is 3.44. The van der Waals surface area contributed by atoms with Crippen LogP contribution in [0.5, 0.6) is 5.88 Å². The average molecular weight is 248 g/mol. The van der Waals surface area contributed by atoms with Crippen molar-refractivity contribution in [3.05, 3.63) is 30.0 Å². The lowest BCUT2D eigenvalue weighted by Gasteiger charge is -2.12. The van der Waals surface area contributed by atoms with Gasteiger partial charge in [-0.25, -0.2) is 4.98 Å². The van der Waals surface area contributed by atoms with Crippen LogP contribution in [0.15, 0.2) is 22.7 Å². The van der Waals surface area contributed by atoms with Crippen molar-refractivity contribution in [3.8, 4) is 5.88 Å². The number of anilines is 2. The molecule has 0 saturated heterocycles. The summed E-state index contributed by atoms with van der Waals surface area (Å²) >= 11 is 0. The third kappa shape index (κ3) is 2.53. The molecule has 2 rings (SSSR count). The highest BCUT2D eigenvalue weighted by Crippen LogP contribution is 2.23. The van der Waals surface area contributed by atoms with Gasteiger partial charge in [-0.1, -0.05) is 0 Å². The lowest BCUT2D eigenvalue weighted by molar-refractivity contribution is 0.400. The molecule has 0 aliphatic carbocycles. The van der Waals surface area contributed by atoms with Gasteiger partial charge in [0.05, 0.1) is 19.0 Å². The van der Waals surface area contributed by atoms with Crippen molar-refractivity contribution in [1.82, 2.24) is 9.97 Å². The van der Waals surface area contributed by atoms with Gasteiger partial charge >= 0.3 is 0 Å². The fourth-order valence-electron chi connectivity index (χ4n) is 1.55. The summed E-state index contributed by atoms with van der Waals surface area (Å²) in [5, 5.41) is 3.17. The molecule has 0 spiro atoms. The maximum absolute atomic E-state index is 5.70. The zero-order valence-corrected chi connectivity index (χ0v) is 10.6. The molecule has 0 saturated carbocycles. The highest BCUT2D eigenvalue weighted by atomic mass is 16.5. The van der Waals surface area contributed by atoms with E-state index in [0.29, 0.717) is 23.3 Å². The molecule has 0 radical (unpaired) electrons. The van der Waals surface area contributed by atoms with Crippen molar-refractivity contribution >= 4 is 11.5 Å². The zero-order valence-electron chi connectivity index (χ0n) is 10.6. The average Bonchev–Trinajstić information content (AvgIpc) is 2.78. The summed E-state index contributed by atoms with van der Waals surface area (Å²) in [6.45, 7) is 3.80. The minimum Gasteiger partial charge on any atom is -0.479 e. The Morgan fingerprint density at radius 3 is 2.83 bits per heavy atom. The Hall–Kier alpha value is -2.24. The maximum atomic E-state index is 5.70. The third-order valence-electron chi connectivity index (χ3n) is 2.46. The minimum atomic E-state index is -0.0838. The van der Waals surface area contributed by atoms with Crippen LogP contribution in [0, 0.1) is 6.92 Å². The monoisotopic (exact) mass is 248 g/mol. The number of pyridine rings is 1. The highest BCUT2D eigenvalue weighted by molar-refractivity contribution is 5.53. The van der Waals surface area contributed by atoms with Crippen molar-refractivity contribution < 1.29 is 9.15 Å². The molecule has 18 heavy (non-hydrogen) atoms. The summed E-state index contributed by atoms with van der Waals surface area (Å²) in [7, 11) is 1.53. The van der Waals surface area contributed by atoms with Crippen LogP contribution in [0.25, 0.3) is 0 Å². The molecule has 2 heterocycles. The van der Waals surface area contributed by atoms with E-state index in [0.717, 1.165) is 5.76 Å². The molecule has 0 fully saturated rings. The Bertz CT molecular complexity index is 539. The molecule has 0 amide bonds. The molecule has 96 valence electrons. The number of nitrogens with zero attached hydrogens (tertiary/aromatic N) is 2. The van der Waals surface area contributed by atoms with E-state index in [9.17, 15) is 0 Å². The maximum Gasteiger partial charge on any atom is 0.238 e. The number of ether oxygens (including phenoxy) is 1. The molecular formula is C12H16N4O2. The van der Waals surface area contributed by atoms with Crippen LogP contribution in [0.2, 0.25) is 0 Å². The summed E-state index contributed by atoms with van der Waals surface area (Å²) in [6.07, 6.45) is 1.69. The van der Waals surface area contributed by atoms with E-state index in [1.807, 2.05) is 13.8 Å². The molecule has 2 aromatic heterocycles. The Morgan fingerprint density at radius 2 is 2.22 bits per heavy atom. The molecule has 0 aromatic carbocycles. The molecular weight excluding hydrogens is 232 g/mol. The molecule has 1 atom stereocenters. The zero-order chi connectivity index (χ0) is 13.1. The Balaban J connectivity index is 2.14. The largest absolute Gasteiger partial charge is 0.479 e. The molecule has 0 aliphatic heterocycles. The van der Waals surface area contributed by atoms with Gasteiger partial charge in [0.25, 0.3) is 0 Å². The van der Waals surface area contributed by atoms with Gasteiger partial charge in [-0.2, -0.15) is 4.98 Å². The van der Waals surface area contributed by atoms with Gasteiger partial charge in [-0.15, -0.1) is 0 Å². The topological polar surface area (TPSA) is 86.2 Å². The lowest BCUT2D eigenvalue weighted by atomic mass is 10.3. The van der Waals surface area contributed by atoms with Gasteiger partial charge in [0.2, 0.25) is 11.8 Å². The normalized spacial score (nSPS) is 12.2. The van der Waals surface area contributed by atoms with Crippen LogP contribution >= 0.6 is 0 Å². The van der Waals surface area contributed by atoms with Crippen molar-refractivity contribution in [2.45, 2.75) is 19.9 Å². The van der Waals surface area contributed by atoms with Crippen LogP contribution in [-0.4, -0.2) is 17.1 Å². The number of hydrogen-bond acceptors (Lipinski definition) is 6. The predicted octanol–water partition coefficient (Wildman–Crippen LogP) is 2.14. The van der Waals surface area contributed by atoms with Crippen LogP contribution in [0.4, 0.5) is 11.5 Å². The number of nitrogen functional groups attached to an aromatic ring is 1. The third-order valence-corrected chi connectivity index (χ3v) is 2.46. The number of nitrogens with two attached hydrogens (primary N) is 1. The molecule has 0 aliphatic rings. The van der Waals surface area contributed by atoms with Gasteiger partial charge < -0.3 is 20.2 Å². The van der Waals surface area contributed by atoms with Crippen LogP contribution in [0.3, 0.4) is 0 Å². The van der Waals surface area contributed by atoms with Gasteiger partial charge in [0.1, 0.15) is 17.6 Å². The van der Waals surface area contributed by atoms with Crippen molar-refractivity contribution in [2.24, 2.45) is 0 Å². The summed E-state index contributed by atoms with van der Waals surface area (Å²) in [4.78, 5) is 8.39. The van der Waals surface area contributed by atoms with Crippen LogP contribution < -0.4 is 15.8 Å². The SMILES string of the molecule is COc1nc(NC(C)c2ncc(C)o2)ccc1N. The quantitative estimate of drug-likeness (QED) is 0.862. The molecule has 6 heteroatoms. The first-order valence-electron chi connectivity index (χ1n) is 5.59. The van der Waals surface area contributed by atoms with E-state index in [1.54, 1.807) is 18.3 Å². The van der Waals surface area contributed by atoms with Crippen LogP contribution in [-0.2, 0) is 0 Å². The molecule has 2 aromatic rings. The first kappa shape index (κ1) is 12.2. The van der Waals surface area contributed by atoms with Crippen LogP contribution in [0.1, 0.15) is 24.6 Å². The second kappa shape index (κ2) is 4.95. The number of oxazole rings is 1. The molecule has 0 bridgehead atoms. The first-order chi connectivity index (χ1) is 8.60.